The second-order valence-electron chi connectivity index (χ2n) is 7.30. The molecule has 1 nitrogen and oxygen atoms in total. The maximum absolute atomic E-state index is 15.0. The summed E-state index contributed by atoms with van der Waals surface area (Å²) in [6, 6.07) is 8.93. The van der Waals surface area contributed by atoms with Crippen molar-refractivity contribution in [1.29, 1.82) is 0 Å². The predicted molar refractivity (Wildman–Crippen MR) is 117 cm³/mol. The molecule has 170 valence electrons. The van der Waals surface area contributed by atoms with Gasteiger partial charge in [-0.05, 0) is 66.9 Å². The number of hydrogen-bond donors (Lipinski definition) is 0. The van der Waals surface area contributed by atoms with Gasteiger partial charge in [0.2, 0.25) is 0 Å². The van der Waals surface area contributed by atoms with Crippen molar-refractivity contribution >= 4 is 45.4 Å². The number of halogens is 7. The van der Waals surface area contributed by atoms with Crippen molar-refractivity contribution in [2.24, 2.45) is 0 Å². The summed E-state index contributed by atoms with van der Waals surface area (Å²) in [5, 5.41) is 0. The first kappa shape index (κ1) is 23.2. The number of ether oxygens (including phenoxy) is 1. The second kappa shape index (κ2) is 7.53. The Balaban J connectivity index is 1.99. The minimum Gasteiger partial charge on any atom is -0.497 e. The quantitative estimate of drug-likeness (QED) is 0.321. The summed E-state index contributed by atoms with van der Waals surface area (Å²) in [6.07, 6.45) is 0. The molecule has 0 fully saturated rings. The van der Waals surface area contributed by atoms with Crippen LogP contribution in [0.25, 0.3) is 21.6 Å². The van der Waals surface area contributed by atoms with Crippen molar-refractivity contribution in [2.45, 2.75) is 31.6 Å². The molecule has 0 spiro atoms. The molecule has 0 radical (unpaired) electrons. The SMILES string of the molecule is COc1ccc(-c2cc(C3=C(c4cc(Cl)sc4C)C(F)(F)C(F)(F)C3(F)F)c(C)s2)cc1. The minimum absolute atomic E-state index is 0.0413. The molecule has 0 N–H and O–H groups in total. The van der Waals surface area contributed by atoms with Crippen LogP contribution in [-0.2, 0) is 0 Å². The van der Waals surface area contributed by atoms with E-state index in [0.717, 1.165) is 28.7 Å². The van der Waals surface area contributed by atoms with E-state index in [0.29, 0.717) is 16.2 Å². The number of thiophene rings is 2. The normalized spacial score (nSPS) is 18.9. The third-order valence-electron chi connectivity index (χ3n) is 5.39. The first-order chi connectivity index (χ1) is 14.8. The van der Waals surface area contributed by atoms with E-state index in [1.807, 2.05) is 0 Å². The maximum Gasteiger partial charge on any atom is 0.380 e. The molecule has 0 saturated heterocycles. The number of rotatable bonds is 4. The zero-order valence-corrected chi connectivity index (χ0v) is 19.2. The highest BCUT2D eigenvalue weighted by molar-refractivity contribution is 7.16. The van der Waals surface area contributed by atoms with E-state index >= 15 is 8.78 Å². The van der Waals surface area contributed by atoms with Crippen LogP contribution in [0.5, 0.6) is 5.75 Å². The average Bonchev–Trinajstić information content (AvgIpc) is 3.28. The van der Waals surface area contributed by atoms with Crippen LogP contribution in [-0.4, -0.2) is 24.9 Å². The zero-order chi connectivity index (χ0) is 23.6. The van der Waals surface area contributed by atoms with Crippen molar-refractivity contribution in [2.75, 3.05) is 7.11 Å². The minimum atomic E-state index is -5.60. The summed E-state index contributed by atoms with van der Waals surface area (Å²) in [6.45, 7) is 2.82. The van der Waals surface area contributed by atoms with Crippen molar-refractivity contribution < 1.29 is 31.1 Å². The van der Waals surface area contributed by atoms with E-state index in [4.69, 9.17) is 16.3 Å². The van der Waals surface area contributed by atoms with Crippen LogP contribution >= 0.6 is 34.3 Å². The summed E-state index contributed by atoms with van der Waals surface area (Å²) >= 11 is 7.80. The molecule has 0 saturated carbocycles. The fourth-order valence-electron chi connectivity index (χ4n) is 3.75. The Bertz CT molecular complexity index is 1220. The van der Waals surface area contributed by atoms with Crippen molar-refractivity contribution in [3.63, 3.8) is 0 Å². The van der Waals surface area contributed by atoms with Crippen LogP contribution in [0.15, 0.2) is 36.4 Å². The van der Waals surface area contributed by atoms with Gasteiger partial charge in [0.05, 0.1) is 11.4 Å². The number of alkyl halides is 6. The van der Waals surface area contributed by atoms with Crippen LogP contribution in [0, 0.1) is 13.8 Å². The molecule has 2 aromatic heterocycles. The number of allylic oxidation sites excluding steroid dienone is 2. The molecule has 4 rings (SSSR count). The summed E-state index contributed by atoms with van der Waals surface area (Å²) in [7, 11) is 1.48. The largest absolute Gasteiger partial charge is 0.497 e. The van der Waals surface area contributed by atoms with Gasteiger partial charge >= 0.3 is 17.8 Å². The molecule has 0 aliphatic heterocycles. The van der Waals surface area contributed by atoms with Crippen LogP contribution in [0.2, 0.25) is 4.34 Å². The van der Waals surface area contributed by atoms with Gasteiger partial charge in [0, 0.05) is 25.8 Å². The standard InChI is InChI=1S/C22H15ClF6OS2/c1-10-14(8-16(31-10)12-4-6-13(30-3)7-5-12)18-19(15-9-17(23)32-11(15)2)21(26,27)22(28,29)20(18,24)25/h4-9H,1-3H3. The molecule has 3 aromatic rings. The summed E-state index contributed by atoms with van der Waals surface area (Å²) in [5.74, 6) is -15.2. The number of benzene rings is 1. The molecule has 2 heterocycles. The Labute approximate surface area is 192 Å². The van der Waals surface area contributed by atoms with Crippen molar-refractivity contribution in [3.05, 3.63) is 61.6 Å². The highest BCUT2D eigenvalue weighted by Crippen LogP contribution is 2.66. The van der Waals surface area contributed by atoms with E-state index < -0.39 is 34.5 Å². The Hall–Kier alpha value is -1.97. The summed E-state index contributed by atoms with van der Waals surface area (Å²) in [4.78, 5) is 0.843. The van der Waals surface area contributed by atoms with E-state index in [9.17, 15) is 17.6 Å². The van der Waals surface area contributed by atoms with Gasteiger partial charge in [0.1, 0.15) is 5.75 Å². The van der Waals surface area contributed by atoms with Gasteiger partial charge in [-0.15, -0.1) is 22.7 Å². The lowest BCUT2D eigenvalue weighted by Gasteiger charge is -2.25. The summed E-state index contributed by atoms with van der Waals surface area (Å²) in [5.41, 5.74) is -2.86. The van der Waals surface area contributed by atoms with Crippen LogP contribution in [0.1, 0.15) is 20.9 Å². The smallest absolute Gasteiger partial charge is 0.380 e. The summed E-state index contributed by atoms with van der Waals surface area (Å²) < 4.78 is 93.9. The van der Waals surface area contributed by atoms with Crippen molar-refractivity contribution in [1.82, 2.24) is 0 Å². The number of hydrogen-bond acceptors (Lipinski definition) is 3. The van der Waals surface area contributed by atoms with Gasteiger partial charge in [-0.25, -0.2) is 0 Å². The van der Waals surface area contributed by atoms with Crippen LogP contribution in [0.4, 0.5) is 26.3 Å². The monoisotopic (exact) mass is 508 g/mol. The third-order valence-corrected chi connectivity index (χ3v) is 7.66. The highest BCUT2D eigenvalue weighted by Gasteiger charge is 2.80. The fourth-order valence-corrected chi connectivity index (χ4v) is 5.98. The van der Waals surface area contributed by atoms with Gasteiger partial charge in [-0.3, -0.25) is 0 Å². The van der Waals surface area contributed by atoms with Crippen LogP contribution in [0.3, 0.4) is 0 Å². The topological polar surface area (TPSA) is 9.23 Å². The van der Waals surface area contributed by atoms with Gasteiger partial charge in [0.25, 0.3) is 0 Å². The van der Waals surface area contributed by atoms with Gasteiger partial charge < -0.3 is 4.74 Å². The van der Waals surface area contributed by atoms with Gasteiger partial charge in [-0.1, -0.05) is 11.6 Å². The van der Waals surface area contributed by atoms with E-state index in [1.165, 1.54) is 27.0 Å². The molecule has 0 unspecified atom stereocenters. The number of methoxy groups -OCH3 is 1. The van der Waals surface area contributed by atoms with E-state index in [2.05, 4.69) is 0 Å². The molecular weight excluding hydrogens is 494 g/mol. The molecule has 0 bridgehead atoms. The average molecular weight is 509 g/mol. The fraction of sp³-hybridized carbons (Fsp3) is 0.273. The first-order valence-electron chi connectivity index (χ1n) is 9.23. The first-order valence-corrected chi connectivity index (χ1v) is 11.2. The lowest BCUT2D eigenvalue weighted by molar-refractivity contribution is -0.254. The second-order valence-corrected chi connectivity index (χ2v) is 10.4. The van der Waals surface area contributed by atoms with E-state index in [-0.39, 0.29) is 19.7 Å². The van der Waals surface area contributed by atoms with Crippen molar-refractivity contribution in [3.8, 4) is 16.2 Å². The van der Waals surface area contributed by atoms with E-state index in [1.54, 1.807) is 24.3 Å². The molecule has 10 heteroatoms. The van der Waals surface area contributed by atoms with Gasteiger partial charge in [0.15, 0.2) is 0 Å². The lowest BCUT2D eigenvalue weighted by atomic mass is 9.95. The Kier molecular flexibility index (Phi) is 5.46. The Morgan fingerprint density at radius 2 is 1.28 bits per heavy atom. The van der Waals surface area contributed by atoms with Gasteiger partial charge in [-0.2, -0.15) is 26.3 Å². The molecular formula is C22H15ClF6OS2. The maximum atomic E-state index is 15.0. The molecule has 32 heavy (non-hydrogen) atoms. The zero-order valence-electron chi connectivity index (χ0n) is 16.8. The molecule has 0 amide bonds. The Morgan fingerprint density at radius 3 is 1.75 bits per heavy atom. The molecule has 1 aliphatic carbocycles. The molecule has 0 atom stereocenters. The van der Waals surface area contributed by atoms with Crippen LogP contribution < -0.4 is 4.74 Å². The molecule has 1 aliphatic rings. The third kappa shape index (κ3) is 3.20. The Morgan fingerprint density at radius 1 is 0.781 bits per heavy atom. The number of aryl methyl sites for hydroxylation is 2. The highest BCUT2D eigenvalue weighted by atomic mass is 35.5. The molecule has 1 aromatic carbocycles. The predicted octanol–water partition coefficient (Wildman–Crippen LogP) is 8.59. The lowest BCUT2D eigenvalue weighted by Crippen LogP contribution is -2.48.